The van der Waals surface area contributed by atoms with Crippen LogP contribution in [0.4, 0.5) is 5.13 Å². The van der Waals surface area contributed by atoms with E-state index in [-0.39, 0.29) is 0 Å². The van der Waals surface area contributed by atoms with Crippen LogP contribution in [0.15, 0.2) is 24.5 Å². The maximum atomic E-state index is 6.13. The number of halogens is 1. The molecule has 1 N–H and O–H groups in total. The summed E-state index contributed by atoms with van der Waals surface area (Å²) in [6, 6.07) is 5.75. The van der Waals surface area contributed by atoms with Crippen LogP contribution in [0.25, 0.3) is 10.2 Å². The second-order valence-electron chi connectivity index (χ2n) is 4.14. The number of thiazole rings is 1. The van der Waals surface area contributed by atoms with Gasteiger partial charge in [-0.25, -0.2) is 4.98 Å². The molecular formula is C12H12ClN5S. The number of benzene rings is 1. The standard InChI is InChI=1S/C12H12ClN5S/c1-18-7-15-17-10(18)5-6-14-12-16-9-4-2-3-8(13)11(9)19-12/h2-4,7H,5-6H2,1H3,(H,14,16). The number of anilines is 1. The highest BCUT2D eigenvalue weighted by atomic mass is 35.5. The van der Waals surface area contributed by atoms with Gasteiger partial charge in [-0.15, -0.1) is 10.2 Å². The van der Waals surface area contributed by atoms with Gasteiger partial charge in [-0.1, -0.05) is 29.0 Å². The molecule has 5 nitrogen and oxygen atoms in total. The van der Waals surface area contributed by atoms with Gasteiger partial charge < -0.3 is 9.88 Å². The van der Waals surface area contributed by atoms with Gasteiger partial charge in [-0.2, -0.15) is 0 Å². The molecule has 2 aromatic heterocycles. The SMILES string of the molecule is Cn1cnnc1CCNc1nc2cccc(Cl)c2s1. The van der Waals surface area contributed by atoms with E-state index in [1.54, 1.807) is 17.7 Å². The molecular weight excluding hydrogens is 282 g/mol. The number of nitrogens with one attached hydrogen (secondary N) is 1. The fourth-order valence-electron chi connectivity index (χ4n) is 1.81. The summed E-state index contributed by atoms with van der Waals surface area (Å²) < 4.78 is 2.93. The summed E-state index contributed by atoms with van der Waals surface area (Å²) >= 11 is 7.70. The zero-order valence-corrected chi connectivity index (χ0v) is 11.9. The van der Waals surface area contributed by atoms with Crippen LogP contribution in [0.1, 0.15) is 5.82 Å². The normalized spacial score (nSPS) is 11.1. The Morgan fingerprint density at radius 2 is 2.32 bits per heavy atom. The average molecular weight is 294 g/mol. The molecule has 3 rings (SSSR count). The van der Waals surface area contributed by atoms with Crippen molar-refractivity contribution in [1.29, 1.82) is 0 Å². The fourth-order valence-corrected chi connectivity index (χ4v) is 2.99. The van der Waals surface area contributed by atoms with Crippen molar-refractivity contribution in [2.45, 2.75) is 6.42 Å². The Balaban J connectivity index is 1.69. The predicted molar refractivity (Wildman–Crippen MR) is 77.8 cm³/mol. The molecule has 98 valence electrons. The van der Waals surface area contributed by atoms with Crippen LogP contribution in [0, 0.1) is 0 Å². The van der Waals surface area contributed by atoms with Gasteiger partial charge in [-0.3, -0.25) is 0 Å². The molecule has 0 spiro atoms. The number of nitrogens with zero attached hydrogens (tertiary/aromatic N) is 4. The highest BCUT2D eigenvalue weighted by Crippen LogP contribution is 2.31. The van der Waals surface area contributed by atoms with Crippen LogP contribution >= 0.6 is 22.9 Å². The number of aryl methyl sites for hydroxylation is 1. The van der Waals surface area contributed by atoms with Gasteiger partial charge in [0.1, 0.15) is 12.2 Å². The summed E-state index contributed by atoms with van der Waals surface area (Å²) in [7, 11) is 1.94. The van der Waals surface area contributed by atoms with E-state index in [0.717, 1.165) is 39.2 Å². The molecule has 0 saturated heterocycles. The number of aromatic nitrogens is 4. The van der Waals surface area contributed by atoms with Crippen LogP contribution < -0.4 is 5.32 Å². The molecule has 0 radical (unpaired) electrons. The molecule has 0 aliphatic rings. The van der Waals surface area contributed by atoms with E-state index in [9.17, 15) is 0 Å². The zero-order chi connectivity index (χ0) is 13.2. The van der Waals surface area contributed by atoms with Crippen molar-refractivity contribution in [2.24, 2.45) is 7.05 Å². The summed E-state index contributed by atoms with van der Waals surface area (Å²) in [6.45, 7) is 0.768. The van der Waals surface area contributed by atoms with E-state index in [0.29, 0.717) is 0 Å². The molecule has 0 amide bonds. The lowest BCUT2D eigenvalue weighted by Gasteiger charge is -2.01. The van der Waals surface area contributed by atoms with Crippen molar-refractivity contribution in [2.75, 3.05) is 11.9 Å². The van der Waals surface area contributed by atoms with E-state index in [1.165, 1.54) is 0 Å². The third-order valence-electron chi connectivity index (χ3n) is 2.80. The molecule has 0 aliphatic carbocycles. The molecule has 3 aromatic rings. The van der Waals surface area contributed by atoms with E-state index in [2.05, 4.69) is 20.5 Å². The summed E-state index contributed by atoms with van der Waals surface area (Å²) in [4.78, 5) is 4.49. The highest BCUT2D eigenvalue weighted by Gasteiger charge is 2.06. The topological polar surface area (TPSA) is 55.6 Å². The summed E-state index contributed by atoms with van der Waals surface area (Å²) in [5.74, 6) is 0.951. The van der Waals surface area contributed by atoms with Crippen molar-refractivity contribution in [3.8, 4) is 0 Å². The quantitative estimate of drug-likeness (QED) is 0.803. The number of rotatable bonds is 4. The summed E-state index contributed by atoms with van der Waals surface area (Å²) in [6.07, 6.45) is 2.51. The zero-order valence-electron chi connectivity index (χ0n) is 10.3. The molecule has 0 unspecified atom stereocenters. The van der Waals surface area contributed by atoms with Gasteiger partial charge in [0, 0.05) is 20.0 Å². The lowest BCUT2D eigenvalue weighted by Crippen LogP contribution is -2.08. The molecule has 7 heteroatoms. The number of hydrogen-bond donors (Lipinski definition) is 1. The molecule has 0 bridgehead atoms. The van der Waals surface area contributed by atoms with Gasteiger partial charge in [0.05, 0.1) is 15.2 Å². The second-order valence-corrected chi connectivity index (χ2v) is 5.55. The van der Waals surface area contributed by atoms with Gasteiger partial charge >= 0.3 is 0 Å². The van der Waals surface area contributed by atoms with Gasteiger partial charge in [0.25, 0.3) is 0 Å². The Labute approximate surface area is 119 Å². The first-order chi connectivity index (χ1) is 9.24. The minimum atomic E-state index is 0.747. The van der Waals surface area contributed by atoms with Crippen LogP contribution in [0.5, 0.6) is 0 Å². The average Bonchev–Trinajstić information content (AvgIpc) is 2.97. The Morgan fingerprint density at radius 1 is 1.42 bits per heavy atom. The van der Waals surface area contributed by atoms with Crippen molar-refractivity contribution >= 4 is 38.3 Å². The van der Waals surface area contributed by atoms with Crippen molar-refractivity contribution < 1.29 is 0 Å². The third kappa shape index (κ3) is 2.54. The molecule has 0 fully saturated rings. The van der Waals surface area contributed by atoms with Gasteiger partial charge in [0.2, 0.25) is 0 Å². The Morgan fingerprint density at radius 3 is 3.05 bits per heavy atom. The Bertz CT molecular complexity index is 705. The van der Waals surface area contributed by atoms with Crippen molar-refractivity contribution in [1.82, 2.24) is 19.7 Å². The minimum Gasteiger partial charge on any atom is -0.361 e. The minimum absolute atomic E-state index is 0.747. The van der Waals surface area contributed by atoms with Crippen LogP contribution in [0.3, 0.4) is 0 Å². The largest absolute Gasteiger partial charge is 0.361 e. The van der Waals surface area contributed by atoms with Gasteiger partial charge in [-0.05, 0) is 12.1 Å². The van der Waals surface area contributed by atoms with Crippen LogP contribution in [0.2, 0.25) is 5.02 Å². The second kappa shape index (κ2) is 5.14. The first-order valence-electron chi connectivity index (χ1n) is 5.86. The van der Waals surface area contributed by atoms with Crippen LogP contribution in [-0.2, 0) is 13.5 Å². The summed E-state index contributed by atoms with van der Waals surface area (Å²) in [5, 5.41) is 12.8. The first kappa shape index (κ1) is 12.4. The number of hydrogen-bond acceptors (Lipinski definition) is 5. The Kier molecular flexibility index (Phi) is 3.35. The Hall–Kier alpha value is -1.66. The predicted octanol–water partition coefficient (Wildman–Crippen LogP) is 2.73. The molecule has 2 heterocycles. The third-order valence-corrected chi connectivity index (χ3v) is 4.29. The fraction of sp³-hybridized carbons (Fsp3) is 0.250. The lowest BCUT2D eigenvalue weighted by atomic mass is 10.3. The van der Waals surface area contributed by atoms with Crippen molar-refractivity contribution in [3.05, 3.63) is 35.4 Å². The lowest BCUT2D eigenvalue weighted by molar-refractivity contribution is 0.788. The molecule has 0 aliphatic heterocycles. The van der Waals surface area contributed by atoms with Crippen molar-refractivity contribution in [3.63, 3.8) is 0 Å². The maximum absolute atomic E-state index is 6.13. The maximum Gasteiger partial charge on any atom is 0.183 e. The first-order valence-corrected chi connectivity index (χ1v) is 7.05. The van der Waals surface area contributed by atoms with Crippen LogP contribution in [-0.4, -0.2) is 26.3 Å². The van der Waals surface area contributed by atoms with E-state index < -0.39 is 0 Å². The smallest absolute Gasteiger partial charge is 0.183 e. The summed E-state index contributed by atoms with van der Waals surface area (Å²) in [5.41, 5.74) is 0.929. The molecule has 19 heavy (non-hydrogen) atoms. The monoisotopic (exact) mass is 293 g/mol. The van der Waals surface area contributed by atoms with E-state index in [4.69, 9.17) is 11.6 Å². The van der Waals surface area contributed by atoms with E-state index in [1.807, 2.05) is 29.8 Å². The number of fused-ring (bicyclic) bond motifs is 1. The molecule has 0 saturated carbocycles. The molecule has 0 atom stereocenters. The van der Waals surface area contributed by atoms with Gasteiger partial charge in [0.15, 0.2) is 5.13 Å². The highest BCUT2D eigenvalue weighted by molar-refractivity contribution is 7.22. The molecule has 1 aromatic carbocycles. The van der Waals surface area contributed by atoms with E-state index >= 15 is 0 Å².